The van der Waals surface area contributed by atoms with Crippen molar-refractivity contribution in [2.45, 2.75) is 13.8 Å². The highest BCUT2D eigenvalue weighted by Gasteiger charge is 2.16. The van der Waals surface area contributed by atoms with Crippen LogP contribution in [0.1, 0.15) is 23.6 Å². The number of aryl methyl sites for hydroxylation is 1. The number of hydrogen-bond acceptors (Lipinski definition) is 2. The van der Waals surface area contributed by atoms with E-state index in [2.05, 4.69) is 47.7 Å². The molecule has 0 aliphatic rings. The van der Waals surface area contributed by atoms with E-state index in [-0.39, 0.29) is 5.88 Å². The number of aromatic nitrogens is 1. The molecular formula is C25H22N2O. The molecule has 0 bridgehead atoms. The second-order valence-corrected chi connectivity index (χ2v) is 6.88. The van der Waals surface area contributed by atoms with Gasteiger partial charge in [0.2, 0.25) is 0 Å². The van der Waals surface area contributed by atoms with Crippen molar-refractivity contribution in [3.8, 4) is 17.0 Å². The molecule has 138 valence electrons. The van der Waals surface area contributed by atoms with Crippen LogP contribution < -0.4 is 0 Å². The summed E-state index contributed by atoms with van der Waals surface area (Å²) in [5.74, 6) is 0.137. The van der Waals surface area contributed by atoms with Crippen LogP contribution in [0.5, 0.6) is 5.88 Å². The number of H-pyrrole nitrogens is 1. The van der Waals surface area contributed by atoms with E-state index in [0.717, 1.165) is 44.6 Å². The lowest BCUT2D eigenvalue weighted by molar-refractivity contribution is 0.457. The van der Waals surface area contributed by atoms with E-state index in [1.54, 1.807) is 0 Å². The first-order valence-corrected chi connectivity index (χ1v) is 9.26. The zero-order valence-corrected chi connectivity index (χ0v) is 16.0. The molecule has 0 saturated carbocycles. The second-order valence-electron chi connectivity index (χ2n) is 6.88. The molecule has 0 radical (unpaired) electrons. The molecule has 3 aromatic carbocycles. The molecule has 0 saturated heterocycles. The van der Waals surface area contributed by atoms with Gasteiger partial charge in [0, 0.05) is 10.9 Å². The quantitative estimate of drug-likeness (QED) is 0.391. The van der Waals surface area contributed by atoms with Gasteiger partial charge < -0.3 is 10.1 Å². The lowest BCUT2D eigenvalue weighted by atomic mass is 9.93. The Morgan fingerprint density at radius 2 is 1.82 bits per heavy atom. The van der Waals surface area contributed by atoms with Gasteiger partial charge in [-0.1, -0.05) is 55.1 Å². The molecule has 4 aromatic rings. The first-order valence-electron chi connectivity index (χ1n) is 9.26. The molecule has 0 amide bonds. The lowest BCUT2D eigenvalue weighted by Gasteiger charge is -2.11. The van der Waals surface area contributed by atoms with Crippen molar-refractivity contribution in [3.63, 3.8) is 0 Å². The average Bonchev–Trinajstić information content (AvgIpc) is 3.03. The van der Waals surface area contributed by atoms with Crippen LogP contribution in [0.3, 0.4) is 0 Å². The van der Waals surface area contributed by atoms with Gasteiger partial charge in [-0.2, -0.15) is 0 Å². The van der Waals surface area contributed by atoms with Crippen molar-refractivity contribution in [1.29, 1.82) is 0 Å². The molecule has 0 aliphatic heterocycles. The molecule has 0 fully saturated rings. The smallest absolute Gasteiger partial charge is 0.198 e. The normalized spacial score (nSPS) is 11.7. The van der Waals surface area contributed by atoms with Gasteiger partial charge in [0.25, 0.3) is 0 Å². The molecule has 2 N–H and O–H groups in total. The van der Waals surface area contributed by atoms with Crippen LogP contribution in [0.2, 0.25) is 0 Å². The van der Waals surface area contributed by atoms with E-state index in [1.807, 2.05) is 55.5 Å². The maximum Gasteiger partial charge on any atom is 0.198 e. The number of benzene rings is 3. The Morgan fingerprint density at radius 3 is 2.57 bits per heavy atom. The van der Waals surface area contributed by atoms with Crippen molar-refractivity contribution < 1.29 is 5.11 Å². The van der Waals surface area contributed by atoms with Gasteiger partial charge in [-0.15, -0.1) is 0 Å². The Morgan fingerprint density at radius 1 is 1.04 bits per heavy atom. The SMILES string of the molecule is C=Cc1cccc(C)c1-c1ccc2[nH]c(O)c(C(C)=Nc3ccccc3)c2c1. The van der Waals surface area contributed by atoms with E-state index in [0.29, 0.717) is 0 Å². The van der Waals surface area contributed by atoms with Gasteiger partial charge in [-0.3, -0.25) is 4.99 Å². The Labute approximate surface area is 164 Å². The van der Waals surface area contributed by atoms with Crippen molar-refractivity contribution >= 4 is 28.4 Å². The summed E-state index contributed by atoms with van der Waals surface area (Å²) in [5, 5.41) is 11.5. The highest BCUT2D eigenvalue weighted by Crippen LogP contribution is 2.35. The largest absolute Gasteiger partial charge is 0.494 e. The number of nitrogens with one attached hydrogen (secondary N) is 1. The predicted octanol–water partition coefficient (Wildman–Crippen LogP) is 6.63. The van der Waals surface area contributed by atoms with E-state index in [9.17, 15) is 5.11 Å². The minimum absolute atomic E-state index is 0.137. The third kappa shape index (κ3) is 3.12. The maximum absolute atomic E-state index is 10.5. The van der Waals surface area contributed by atoms with Crippen molar-refractivity contribution in [2.75, 3.05) is 0 Å². The molecule has 0 atom stereocenters. The summed E-state index contributed by atoms with van der Waals surface area (Å²) in [6.07, 6.45) is 1.88. The van der Waals surface area contributed by atoms with Gasteiger partial charge in [-0.05, 0) is 60.4 Å². The van der Waals surface area contributed by atoms with Crippen molar-refractivity contribution in [2.24, 2.45) is 4.99 Å². The standard InChI is InChI=1S/C25H22N2O/c1-4-18-10-8-9-16(2)23(18)19-13-14-22-21(15-19)24(25(28)27-22)17(3)26-20-11-6-5-7-12-20/h4-15,27-28H,1H2,2-3H3. The summed E-state index contributed by atoms with van der Waals surface area (Å²) in [6, 6.07) is 22.2. The number of aromatic amines is 1. The fourth-order valence-corrected chi connectivity index (χ4v) is 3.71. The minimum Gasteiger partial charge on any atom is -0.494 e. The van der Waals surface area contributed by atoms with Crippen LogP contribution in [0.15, 0.2) is 78.3 Å². The van der Waals surface area contributed by atoms with E-state index in [1.165, 1.54) is 5.56 Å². The lowest BCUT2D eigenvalue weighted by Crippen LogP contribution is -1.94. The molecular weight excluding hydrogens is 344 g/mol. The van der Waals surface area contributed by atoms with Crippen LogP contribution in [0.25, 0.3) is 28.1 Å². The minimum atomic E-state index is 0.137. The average molecular weight is 366 g/mol. The molecule has 0 aliphatic carbocycles. The highest BCUT2D eigenvalue weighted by atomic mass is 16.3. The topological polar surface area (TPSA) is 48.4 Å². The van der Waals surface area contributed by atoms with Gasteiger partial charge in [-0.25, -0.2) is 0 Å². The number of fused-ring (bicyclic) bond motifs is 1. The van der Waals surface area contributed by atoms with Gasteiger partial charge in [0.1, 0.15) is 0 Å². The number of nitrogens with zero attached hydrogens (tertiary/aromatic N) is 1. The maximum atomic E-state index is 10.5. The zero-order valence-electron chi connectivity index (χ0n) is 16.0. The van der Waals surface area contributed by atoms with Gasteiger partial charge in [0.05, 0.1) is 17.0 Å². The first kappa shape index (κ1) is 17.8. The number of aliphatic imine (C=N–C) groups is 1. The predicted molar refractivity (Wildman–Crippen MR) is 119 cm³/mol. The molecule has 3 nitrogen and oxygen atoms in total. The molecule has 1 heterocycles. The fraction of sp³-hybridized carbons (Fsp3) is 0.0800. The summed E-state index contributed by atoms with van der Waals surface area (Å²) in [5.41, 5.74) is 7.76. The number of hydrogen-bond donors (Lipinski definition) is 2. The number of rotatable bonds is 4. The second kappa shape index (κ2) is 7.20. The van der Waals surface area contributed by atoms with Gasteiger partial charge >= 0.3 is 0 Å². The third-order valence-corrected chi connectivity index (χ3v) is 5.01. The zero-order chi connectivity index (χ0) is 19.7. The fourth-order valence-electron chi connectivity index (χ4n) is 3.71. The molecule has 3 heteroatoms. The first-order chi connectivity index (χ1) is 13.6. The Balaban J connectivity index is 1.91. The summed E-state index contributed by atoms with van der Waals surface area (Å²) < 4.78 is 0. The highest BCUT2D eigenvalue weighted by molar-refractivity contribution is 6.13. The Kier molecular flexibility index (Phi) is 4.58. The van der Waals surface area contributed by atoms with Crippen molar-refractivity contribution in [3.05, 3.63) is 90.0 Å². The van der Waals surface area contributed by atoms with Crippen LogP contribution in [0, 0.1) is 6.92 Å². The summed E-state index contributed by atoms with van der Waals surface area (Å²) in [4.78, 5) is 7.76. The monoisotopic (exact) mass is 366 g/mol. The van der Waals surface area contributed by atoms with Crippen LogP contribution in [-0.4, -0.2) is 15.8 Å². The van der Waals surface area contributed by atoms with Crippen molar-refractivity contribution in [1.82, 2.24) is 4.98 Å². The summed E-state index contributed by atoms with van der Waals surface area (Å²) in [6.45, 7) is 7.97. The molecule has 0 spiro atoms. The number of aromatic hydroxyl groups is 1. The van der Waals surface area contributed by atoms with Crippen LogP contribution in [0.4, 0.5) is 5.69 Å². The Hall–Kier alpha value is -3.59. The van der Waals surface area contributed by atoms with E-state index >= 15 is 0 Å². The molecule has 1 aromatic heterocycles. The summed E-state index contributed by atoms with van der Waals surface area (Å²) in [7, 11) is 0. The third-order valence-electron chi connectivity index (χ3n) is 5.01. The number of para-hydroxylation sites is 1. The van der Waals surface area contributed by atoms with E-state index in [4.69, 9.17) is 0 Å². The van der Waals surface area contributed by atoms with Gasteiger partial charge in [0.15, 0.2) is 5.88 Å². The molecule has 28 heavy (non-hydrogen) atoms. The van der Waals surface area contributed by atoms with E-state index < -0.39 is 0 Å². The van der Waals surface area contributed by atoms with Crippen LogP contribution >= 0.6 is 0 Å². The Bertz CT molecular complexity index is 1200. The molecule has 0 unspecified atom stereocenters. The summed E-state index contributed by atoms with van der Waals surface area (Å²) >= 11 is 0. The molecule has 4 rings (SSSR count). The van der Waals surface area contributed by atoms with Crippen LogP contribution in [-0.2, 0) is 0 Å².